The van der Waals surface area contributed by atoms with Gasteiger partial charge in [-0.25, -0.2) is 4.39 Å². The number of methoxy groups -OCH3 is 1. The lowest BCUT2D eigenvalue weighted by atomic mass is 10.2. The summed E-state index contributed by atoms with van der Waals surface area (Å²) in [5.41, 5.74) is 1.16. The third-order valence-electron chi connectivity index (χ3n) is 2.70. The van der Waals surface area contributed by atoms with Gasteiger partial charge in [-0.05, 0) is 42.0 Å². The van der Waals surface area contributed by atoms with Crippen molar-refractivity contribution in [3.05, 3.63) is 64.9 Å². The van der Waals surface area contributed by atoms with Crippen LogP contribution in [0, 0.1) is 5.82 Å². The largest absolute Gasteiger partial charge is 0.495 e. The van der Waals surface area contributed by atoms with Crippen molar-refractivity contribution in [3.63, 3.8) is 0 Å². The molecule has 2 rings (SSSR count). The van der Waals surface area contributed by atoms with Crippen LogP contribution in [0.15, 0.2) is 48.5 Å². The summed E-state index contributed by atoms with van der Waals surface area (Å²) in [6.07, 6.45) is 2.86. The summed E-state index contributed by atoms with van der Waals surface area (Å²) < 4.78 is 18.0. The minimum Gasteiger partial charge on any atom is -0.495 e. The van der Waals surface area contributed by atoms with E-state index in [0.29, 0.717) is 22.0 Å². The first-order valence-corrected chi connectivity index (χ1v) is 6.54. The van der Waals surface area contributed by atoms with Crippen molar-refractivity contribution in [2.75, 3.05) is 12.4 Å². The van der Waals surface area contributed by atoms with E-state index in [4.69, 9.17) is 16.3 Å². The minimum atomic E-state index is -0.348. The molecule has 0 aliphatic carbocycles. The van der Waals surface area contributed by atoms with E-state index in [-0.39, 0.29) is 11.7 Å². The number of carbonyl (C=O) groups excluding carboxylic acids is 1. The van der Waals surface area contributed by atoms with Crippen LogP contribution in [0.25, 0.3) is 6.08 Å². The average molecular weight is 306 g/mol. The fraction of sp³-hybridized carbons (Fsp3) is 0.0625. The van der Waals surface area contributed by atoms with Gasteiger partial charge in [0.1, 0.15) is 11.6 Å². The Morgan fingerprint density at radius 2 is 2.10 bits per heavy atom. The van der Waals surface area contributed by atoms with Crippen LogP contribution < -0.4 is 10.1 Å². The Morgan fingerprint density at radius 3 is 2.76 bits per heavy atom. The van der Waals surface area contributed by atoms with E-state index in [2.05, 4.69) is 5.32 Å². The maximum Gasteiger partial charge on any atom is 0.248 e. The quantitative estimate of drug-likeness (QED) is 0.862. The van der Waals surface area contributed by atoms with Gasteiger partial charge < -0.3 is 10.1 Å². The monoisotopic (exact) mass is 305 g/mol. The van der Waals surface area contributed by atoms with Crippen molar-refractivity contribution in [1.29, 1.82) is 0 Å². The predicted molar refractivity (Wildman–Crippen MR) is 82.1 cm³/mol. The van der Waals surface area contributed by atoms with Gasteiger partial charge in [0, 0.05) is 11.8 Å². The Morgan fingerprint density at radius 1 is 1.29 bits per heavy atom. The van der Waals surface area contributed by atoms with Gasteiger partial charge in [-0.3, -0.25) is 4.79 Å². The summed E-state index contributed by atoms with van der Waals surface area (Å²) in [7, 11) is 1.52. The van der Waals surface area contributed by atoms with E-state index in [9.17, 15) is 9.18 Å². The van der Waals surface area contributed by atoms with E-state index in [1.54, 1.807) is 30.3 Å². The lowest BCUT2D eigenvalue weighted by Gasteiger charge is -2.06. The molecule has 0 heterocycles. The first-order chi connectivity index (χ1) is 10.1. The fourth-order valence-electron chi connectivity index (χ4n) is 1.71. The normalized spacial score (nSPS) is 10.6. The second-order valence-electron chi connectivity index (χ2n) is 4.23. The lowest BCUT2D eigenvalue weighted by Crippen LogP contribution is -2.07. The smallest absolute Gasteiger partial charge is 0.248 e. The van der Waals surface area contributed by atoms with Gasteiger partial charge in [0.2, 0.25) is 5.91 Å². The number of hydrogen-bond acceptors (Lipinski definition) is 2. The number of rotatable bonds is 4. The molecule has 2 aromatic carbocycles. The fourth-order valence-corrected chi connectivity index (χ4v) is 1.97. The number of amides is 1. The van der Waals surface area contributed by atoms with Crippen molar-refractivity contribution in [2.45, 2.75) is 0 Å². The van der Waals surface area contributed by atoms with Gasteiger partial charge >= 0.3 is 0 Å². The second kappa shape index (κ2) is 6.90. The Balaban J connectivity index is 2.03. The summed E-state index contributed by atoms with van der Waals surface area (Å²) in [6.45, 7) is 0. The van der Waals surface area contributed by atoms with Crippen molar-refractivity contribution in [2.24, 2.45) is 0 Å². The van der Waals surface area contributed by atoms with Gasteiger partial charge in [0.15, 0.2) is 0 Å². The molecule has 0 atom stereocenters. The zero-order chi connectivity index (χ0) is 15.2. The number of ether oxygens (including phenoxy) is 1. The van der Waals surface area contributed by atoms with Crippen LogP contribution in [0.3, 0.4) is 0 Å². The number of carbonyl (C=O) groups is 1. The molecule has 0 saturated carbocycles. The van der Waals surface area contributed by atoms with Crippen LogP contribution in [0.1, 0.15) is 5.56 Å². The molecule has 1 amide bonds. The third-order valence-corrected chi connectivity index (χ3v) is 2.99. The highest BCUT2D eigenvalue weighted by molar-refractivity contribution is 6.32. The molecule has 0 unspecified atom stereocenters. The zero-order valence-corrected chi connectivity index (χ0v) is 12.0. The van der Waals surface area contributed by atoms with E-state index in [1.807, 2.05) is 0 Å². The summed E-state index contributed by atoms with van der Waals surface area (Å²) in [6, 6.07) is 10.9. The third kappa shape index (κ3) is 4.33. The van der Waals surface area contributed by atoms with Crippen LogP contribution in [0.4, 0.5) is 10.1 Å². The van der Waals surface area contributed by atoms with Gasteiger partial charge in [0.25, 0.3) is 0 Å². The topological polar surface area (TPSA) is 38.3 Å². The standard InChI is InChI=1S/C16H13ClFNO2/c1-21-15-7-6-13(10-14(15)17)19-16(20)8-5-11-3-2-4-12(18)9-11/h2-10H,1H3,(H,19,20). The van der Waals surface area contributed by atoms with Crippen LogP contribution in [-0.2, 0) is 4.79 Å². The summed E-state index contributed by atoms with van der Waals surface area (Å²) in [5, 5.41) is 3.07. The Labute approximate surface area is 127 Å². The van der Waals surface area contributed by atoms with Gasteiger partial charge in [-0.2, -0.15) is 0 Å². The van der Waals surface area contributed by atoms with Crippen LogP contribution >= 0.6 is 11.6 Å². The summed E-state index contributed by atoms with van der Waals surface area (Å²) in [4.78, 5) is 11.8. The van der Waals surface area contributed by atoms with Gasteiger partial charge in [-0.1, -0.05) is 23.7 Å². The molecule has 0 radical (unpaired) electrons. The van der Waals surface area contributed by atoms with Crippen molar-refractivity contribution < 1.29 is 13.9 Å². The van der Waals surface area contributed by atoms with Gasteiger partial charge in [0.05, 0.1) is 12.1 Å². The van der Waals surface area contributed by atoms with Crippen molar-refractivity contribution in [1.82, 2.24) is 0 Å². The van der Waals surface area contributed by atoms with Crippen molar-refractivity contribution in [3.8, 4) is 5.75 Å². The number of benzene rings is 2. The molecule has 2 aromatic rings. The average Bonchev–Trinajstić information content (AvgIpc) is 2.45. The first-order valence-electron chi connectivity index (χ1n) is 6.16. The van der Waals surface area contributed by atoms with E-state index < -0.39 is 0 Å². The highest BCUT2D eigenvalue weighted by Crippen LogP contribution is 2.27. The molecule has 0 spiro atoms. The highest BCUT2D eigenvalue weighted by atomic mass is 35.5. The zero-order valence-electron chi connectivity index (χ0n) is 11.3. The number of halogens is 2. The van der Waals surface area contributed by atoms with E-state index in [0.717, 1.165) is 0 Å². The summed E-state index contributed by atoms with van der Waals surface area (Å²) in [5.74, 6) is -0.148. The summed E-state index contributed by atoms with van der Waals surface area (Å²) >= 11 is 5.97. The predicted octanol–water partition coefficient (Wildman–Crippen LogP) is 4.14. The molecule has 21 heavy (non-hydrogen) atoms. The molecule has 0 aliphatic rings. The van der Waals surface area contributed by atoms with Crippen LogP contribution in [0.2, 0.25) is 5.02 Å². The minimum absolute atomic E-state index is 0.333. The molecular formula is C16H13ClFNO2. The van der Waals surface area contributed by atoms with Crippen molar-refractivity contribution >= 4 is 29.3 Å². The number of nitrogens with one attached hydrogen (secondary N) is 1. The van der Waals surface area contributed by atoms with Crippen LogP contribution in [-0.4, -0.2) is 13.0 Å². The molecule has 0 bridgehead atoms. The first kappa shape index (κ1) is 15.1. The molecule has 0 saturated heterocycles. The SMILES string of the molecule is COc1ccc(NC(=O)C=Cc2cccc(F)c2)cc1Cl. The number of anilines is 1. The van der Waals surface area contributed by atoms with Crippen LogP contribution in [0.5, 0.6) is 5.75 Å². The maximum atomic E-state index is 13.0. The maximum absolute atomic E-state index is 13.0. The molecule has 0 aromatic heterocycles. The van der Waals surface area contributed by atoms with Gasteiger partial charge in [-0.15, -0.1) is 0 Å². The number of hydrogen-bond donors (Lipinski definition) is 1. The van der Waals surface area contributed by atoms with E-state index >= 15 is 0 Å². The highest BCUT2D eigenvalue weighted by Gasteiger charge is 2.03. The lowest BCUT2D eigenvalue weighted by molar-refractivity contribution is -0.111. The molecule has 108 valence electrons. The Kier molecular flexibility index (Phi) is 4.95. The molecule has 1 N–H and O–H groups in total. The van der Waals surface area contributed by atoms with E-state index in [1.165, 1.54) is 31.4 Å². The molecular weight excluding hydrogens is 293 g/mol. The molecule has 0 aliphatic heterocycles. The Bertz CT molecular complexity index is 686. The molecule has 0 fully saturated rings. The molecule has 3 nitrogen and oxygen atoms in total. The second-order valence-corrected chi connectivity index (χ2v) is 4.63. The molecule has 5 heteroatoms. The Hall–Kier alpha value is -2.33.